The van der Waals surface area contributed by atoms with Crippen LogP contribution in [0.25, 0.3) is 28.1 Å². The molecule has 1 aromatic heterocycles. The fourth-order valence-electron chi connectivity index (χ4n) is 3.74. The van der Waals surface area contributed by atoms with Gasteiger partial charge in [0.15, 0.2) is 0 Å². The number of rotatable bonds is 1. The monoisotopic (exact) mass is 296 g/mol. The van der Waals surface area contributed by atoms with Gasteiger partial charge in [-0.05, 0) is 23.3 Å². The van der Waals surface area contributed by atoms with Crippen LogP contribution in [-0.2, 0) is 0 Å². The molecule has 4 aromatic rings. The van der Waals surface area contributed by atoms with E-state index in [0.29, 0.717) is 5.92 Å². The Morgan fingerprint density at radius 3 is 2.39 bits per heavy atom. The van der Waals surface area contributed by atoms with E-state index in [2.05, 4.69) is 78.2 Å². The van der Waals surface area contributed by atoms with Crippen molar-refractivity contribution < 1.29 is 0 Å². The third-order valence-electron chi connectivity index (χ3n) is 4.85. The van der Waals surface area contributed by atoms with Crippen LogP contribution in [0, 0.1) is 0 Å². The summed E-state index contributed by atoms with van der Waals surface area (Å²) in [6, 6.07) is 25.6. The van der Waals surface area contributed by atoms with Gasteiger partial charge >= 0.3 is 0 Å². The molecule has 2 heteroatoms. The van der Waals surface area contributed by atoms with E-state index in [0.717, 1.165) is 16.9 Å². The SMILES string of the molecule is CC1c2ccccc2-n2c(-c3ccccc3)nc3cccc1c32. The highest BCUT2D eigenvalue weighted by Crippen LogP contribution is 2.42. The molecule has 0 bridgehead atoms. The van der Waals surface area contributed by atoms with E-state index in [1.807, 2.05) is 6.07 Å². The average Bonchev–Trinajstić information content (AvgIpc) is 3.01. The second-order valence-electron chi connectivity index (χ2n) is 6.13. The summed E-state index contributed by atoms with van der Waals surface area (Å²) in [5, 5.41) is 0. The van der Waals surface area contributed by atoms with Crippen molar-refractivity contribution in [3.63, 3.8) is 0 Å². The first-order valence-corrected chi connectivity index (χ1v) is 8.00. The Hall–Kier alpha value is -2.87. The molecule has 0 amide bonds. The minimum absolute atomic E-state index is 0.391. The quantitative estimate of drug-likeness (QED) is 0.474. The van der Waals surface area contributed by atoms with Crippen molar-refractivity contribution in [2.75, 3.05) is 0 Å². The predicted molar refractivity (Wildman–Crippen MR) is 94.0 cm³/mol. The number of nitrogens with zero attached hydrogens (tertiary/aromatic N) is 2. The Kier molecular flexibility index (Phi) is 2.51. The van der Waals surface area contributed by atoms with Gasteiger partial charge in [-0.15, -0.1) is 0 Å². The second-order valence-corrected chi connectivity index (χ2v) is 6.13. The molecule has 1 aliphatic rings. The van der Waals surface area contributed by atoms with Gasteiger partial charge in [-0.1, -0.05) is 67.6 Å². The van der Waals surface area contributed by atoms with Gasteiger partial charge in [0.1, 0.15) is 5.82 Å². The smallest absolute Gasteiger partial charge is 0.145 e. The maximum absolute atomic E-state index is 4.95. The van der Waals surface area contributed by atoms with Gasteiger partial charge in [-0.2, -0.15) is 0 Å². The number of hydrogen-bond acceptors (Lipinski definition) is 1. The maximum atomic E-state index is 4.95. The van der Waals surface area contributed by atoms with Crippen LogP contribution in [0.5, 0.6) is 0 Å². The van der Waals surface area contributed by atoms with Crippen molar-refractivity contribution in [3.8, 4) is 17.1 Å². The van der Waals surface area contributed by atoms with E-state index in [9.17, 15) is 0 Å². The minimum Gasteiger partial charge on any atom is -0.292 e. The average molecular weight is 296 g/mol. The molecular formula is C21H16N2. The van der Waals surface area contributed by atoms with E-state index in [-0.39, 0.29) is 0 Å². The number of benzene rings is 3. The largest absolute Gasteiger partial charge is 0.292 e. The van der Waals surface area contributed by atoms with E-state index in [4.69, 9.17) is 4.98 Å². The van der Waals surface area contributed by atoms with Crippen molar-refractivity contribution >= 4 is 11.0 Å². The number of imidazole rings is 1. The Morgan fingerprint density at radius 2 is 1.52 bits per heavy atom. The van der Waals surface area contributed by atoms with Crippen molar-refractivity contribution in [1.29, 1.82) is 0 Å². The molecule has 110 valence electrons. The summed E-state index contributed by atoms with van der Waals surface area (Å²) in [4.78, 5) is 4.95. The Labute approximate surface area is 135 Å². The molecule has 0 aliphatic carbocycles. The van der Waals surface area contributed by atoms with Gasteiger partial charge in [0.05, 0.1) is 16.7 Å². The lowest BCUT2D eigenvalue weighted by molar-refractivity contribution is 0.873. The molecule has 1 unspecified atom stereocenters. The zero-order valence-corrected chi connectivity index (χ0v) is 12.9. The number of hydrogen-bond donors (Lipinski definition) is 0. The van der Waals surface area contributed by atoms with Crippen molar-refractivity contribution in [2.24, 2.45) is 0 Å². The molecule has 2 heterocycles. The lowest BCUT2D eigenvalue weighted by Crippen LogP contribution is -2.12. The van der Waals surface area contributed by atoms with Crippen molar-refractivity contribution in [1.82, 2.24) is 9.55 Å². The lowest BCUT2D eigenvalue weighted by atomic mass is 9.88. The van der Waals surface area contributed by atoms with Gasteiger partial charge in [0, 0.05) is 11.5 Å². The standard InChI is InChI=1S/C21H16N2/c1-14-16-10-5-6-13-19(16)23-20-17(14)11-7-12-18(20)22-21(23)15-8-3-2-4-9-15/h2-14H,1H3. The molecule has 0 N–H and O–H groups in total. The maximum Gasteiger partial charge on any atom is 0.145 e. The molecule has 5 rings (SSSR count). The summed E-state index contributed by atoms with van der Waals surface area (Å²) >= 11 is 0. The van der Waals surface area contributed by atoms with Gasteiger partial charge in [0.2, 0.25) is 0 Å². The highest BCUT2D eigenvalue weighted by Gasteiger charge is 2.27. The highest BCUT2D eigenvalue weighted by atomic mass is 15.1. The third-order valence-corrected chi connectivity index (χ3v) is 4.85. The van der Waals surface area contributed by atoms with Crippen LogP contribution < -0.4 is 0 Å². The van der Waals surface area contributed by atoms with Gasteiger partial charge < -0.3 is 0 Å². The number of aromatic nitrogens is 2. The molecule has 0 radical (unpaired) electrons. The molecule has 0 saturated carbocycles. The van der Waals surface area contributed by atoms with Crippen LogP contribution in [0.1, 0.15) is 24.0 Å². The van der Waals surface area contributed by atoms with Crippen molar-refractivity contribution in [2.45, 2.75) is 12.8 Å². The normalized spacial score (nSPS) is 15.6. The molecule has 3 aromatic carbocycles. The van der Waals surface area contributed by atoms with Crippen LogP contribution in [-0.4, -0.2) is 9.55 Å². The molecule has 1 atom stereocenters. The predicted octanol–water partition coefficient (Wildman–Crippen LogP) is 5.16. The Bertz CT molecular complexity index is 1030. The van der Waals surface area contributed by atoms with Gasteiger partial charge in [-0.25, -0.2) is 4.98 Å². The molecule has 23 heavy (non-hydrogen) atoms. The van der Waals surface area contributed by atoms with Gasteiger partial charge in [0.25, 0.3) is 0 Å². The zero-order chi connectivity index (χ0) is 15.4. The molecule has 0 saturated heterocycles. The summed E-state index contributed by atoms with van der Waals surface area (Å²) < 4.78 is 2.33. The Morgan fingerprint density at radius 1 is 0.783 bits per heavy atom. The van der Waals surface area contributed by atoms with E-state index >= 15 is 0 Å². The minimum atomic E-state index is 0.391. The van der Waals surface area contributed by atoms with Gasteiger partial charge in [-0.3, -0.25) is 4.57 Å². The lowest BCUT2D eigenvalue weighted by Gasteiger charge is -2.25. The summed E-state index contributed by atoms with van der Waals surface area (Å²) in [7, 11) is 0. The molecule has 2 nitrogen and oxygen atoms in total. The summed E-state index contributed by atoms with van der Waals surface area (Å²) in [6.45, 7) is 2.28. The van der Waals surface area contributed by atoms with Crippen LogP contribution in [0.2, 0.25) is 0 Å². The number of para-hydroxylation sites is 2. The summed E-state index contributed by atoms with van der Waals surface area (Å²) in [6.07, 6.45) is 0. The molecule has 0 fully saturated rings. The first-order chi connectivity index (χ1) is 11.3. The van der Waals surface area contributed by atoms with E-state index in [1.165, 1.54) is 22.3 Å². The van der Waals surface area contributed by atoms with Crippen LogP contribution in [0.4, 0.5) is 0 Å². The summed E-state index contributed by atoms with van der Waals surface area (Å²) in [5.74, 6) is 1.41. The fraction of sp³-hybridized carbons (Fsp3) is 0.0952. The van der Waals surface area contributed by atoms with E-state index in [1.54, 1.807) is 0 Å². The molecule has 0 spiro atoms. The fourth-order valence-corrected chi connectivity index (χ4v) is 3.74. The van der Waals surface area contributed by atoms with Crippen LogP contribution >= 0.6 is 0 Å². The highest BCUT2D eigenvalue weighted by molar-refractivity contribution is 5.89. The first-order valence-electron chi connectivity index (χ1n) is 8.00. The number of fused-ring (bicyclic) bond motifs is 2. The van der Waals surface area contributed by atoms with Crippen molar-refractivity contribution in [3.05, 3.63) is 83.9 Å². The van der Waals surface area contributed by atoms with Crippen LogP contribution in [0.3, 0.4) is 0 Å². The summed E-state index contributed by atoms with van der Waals surface area (Å²) in [5.41, 5.74) is 7.44. The third kappa shape index (κ3) is 1.66. The molecule has 1 aliphatic heterocycles. The van der Waals surface area contributed by atoms with E-state index < -0.39 is 0 Å². The molecular weight excluding hydrogens is 280 g/mol. The topological polar surface area (TPSA) is 17.8 Å². The Balaban J connectivity index is 1.96. The zero-order valence-electron chi connectivity index (χ0n) is 12.9. The second kappa shape index (κ2) is 4.56. The van der Waals surface area contributed by atoms with Crippen LogP contribution in [0.15, 0.2) is 72.8 Å². The first kappa shape index (κ1) is 12.7.